The minimum Gasteiger partial charge on any atom is -0.477 e. The van der Waals surface area contributed by atoms with Crippen molar-refractivity contribution in [3.05, 3.63) is 21.4 Å². The minimum absolute atomic E-state index is 0.456. The van der Waals surface area contributed by atoms with Crippen LogP contribution in [0.15, 0.2) is 5.38 Å². The molecular weight excluding hydrogens is 148 g/mol. The second-order valence-corrected chi connectivity index (χ2v) is 3.06. The second-order valence-electron chi connectivity index (χ2n) is 2.18. The Bertz CT molecular complexity index is 263. The molecule has 1 N–H and O–H groups in total. The fourth-order valence-corrected chi connectivity index (χ4v) is 1.62. The van der Waals surface area contributed by atoms with Gasteiger partial charge in [-0.15, -0.1) is 11.3 Å². The van der Waals surface area contributed by atoms with Crippen LogP contribution in [0.3, 0.4) is 0 Å². The summed E-state index contributed by atoms with van der Waals surface area (Å²) in [6.45, 7) is 3.74. The molecular formula is C7H8O2S. The number of hydrogen-bond acceptors (Lipinski definition) is 2. The molecule has 0 aliphatic carbocycles. The molecule has 0 aromatic carbocycles. The van der Waals surface area contributed by atoms with Gasteiger partial charge >= 0.3 is 5.97 Å². The first-order valence-corrected chi connectivity index (χ1v) is 3.79. The molecule has 0 spiro atoms. The molecule has 1 rings (SSSR count). The summed E-state index contributed by atoms with van der Waals surface area (Å²) in [5.74, 6) is -0.824. The van der Waals surface area contributed by atoms with Crippen LogP contribution >= 0.6 is 11.3 Å². The maximum Gasteiger partial charge on any atom is 0.346 e. The van der Waals surface area contributed by atoms with Gasteiger partial charge < -0.3 is 5.11 Å². The van der Waals surface area contributed by atoms with Crippen LogP contribution < -0.4 is 0 Å². The summed E-state index contributed by atoms with van der Waals surface area (Å²) in [5, 5.41) is 10.4. The molecule has 0 fully saturated rings. The predicted octanol–water partition coefficient (Wildman–Crippen LogP) is 2.06. The summed E-state index contributed by atoms with van der Waals surface area (Å²) in [6.07, 6.45) is 0. The summed E-state index contributed by atoms with van der Waals surface area (Å²) >= 11 is 1.28. The van der Waals surface area contributed by atoms with Gasteiger partial charge in [0.25, 0.3) is 0 Å². The number of carboxylic acid groups (broad SMARTS) is 1. The number of aromatic carboxylic acids is 1. The van der Waals surface area contributed by atoms with Crippen LogP contribution in [0.25, 0.3) is 0 Å². The zero-order chi connectivity index (χ0) is 7.72. The van der Waals surface area contributed by atoms with Crippen molar-refractivity contribution in [2.75, 3.05) is 0 Å². The highest BCUT2D eigenvalue weighted by Gasteiger charge is 2.09. The smallest absolute Gasteiger partial charge is 0.346 e. The Morgan fingerprint density at radius 3 is 2.40 bits per heavy atom. The number of thiophene rings is 1. The molecule has 1 heterocycles. The molecule has 0 radical (unpaired) electrons. The quantitative estimate of drug-likeness (QED) is 0.675. The monoisotopic (exact) mass is 156 g/mol. The fourth-order valence-electron chi connectivity index (χ4n) is 0.714. The summed E-state index contributed by atoms with van der Waals surface area (Å²) in [5.41, 5.74) is 1.94. The van der Waals surface area contributed by atoms with Crippen molar-refractivity contribution >= 4 is 17.3 Å². The van der Waals surface area contributed by atoms with E-state index >= 15 is 0 Å². The first-order chi connectivity index (χ1) is 4.63. The highest BCUT2D eigenvalue weighted by molar-refractivity contribution is 7.12. The zero-order valence-electron chi connectivity index (χ0n) is 5.84. The summed E-state index contributed by atoms with van der Waals surface area (Å²) in [7, 11) is 0. The average molecular weight is 156 g/mol. The van der Waals surface area contributed by atoms with Gasteiger partial charge in [0.1, 0.15) is 4.88 Å². The molecule has 1 aromatic rings. The molecule has 54 valence electrons. The molecule has 0 amide bonds. The number of carboxylic acids is 1. The average Bonchev–Trinajstić information content (AvgIpc) is 2.14. The number of hydrogen-bond donors (Lipinski definition) is 1. The van der Waals surface area contributed by atoms with E-state index < -0.39 is 5.97 Å². The number of aryl methyl sites for hydroxylation is 1. The van der Waals surface area contributed by atoms with Crippen LogP contribution in [0.5, 0.6) is 0 Å². The van der Waals surface area contributed by atoms with Crippen LogP contribution in [-0.2, 0) is 0 Å². The van der Waals surface area contributed by atoms with E-state index in [1.807, 2.05) is 19.2 Å². The molecule has 0 saturated heterocycles. The van der Waals surface area contributed by atoms with E-state index in [4.69, 9.17) is 5.11 Å². The largest absolute Gasteiger partial charge is 0.477 e. The van der Waals surface area contributed by atoms with Crippen LogP contribution in [0.1, 0.15) is 20.8 Å². The van der Waals surface area contributed by atoms with Crippen molar-refractivity contribution in [1.82, 2.24) is 0 Å². The SMILES string of the molecule is Cc1csc(C(=O)O)c1C. The molecule has 0 aliphatic rings. The van der Waals surface area contributed by atoms with E-state index in [-0.39, 0.29) is 0 Å². The molecule has 3 heteroatoms. The number of carbonyl (C=O) groups is 1. The molecule has 1 aromatic heterocycles. The van der Waals surface area contributed by atoms with Crippen molar-refractivity contribution in [3.8, 4) is 0 Å². The van der Waals surface area contributed by atoms with Crippen LogP contribution in [-0.4, -0.2) is 11.1 Å². The van der Waals surface area contributed by atoms with Crippen LogP contribution in [0, 0.1) is 13.8 Å². The van der Waals surface area contributed by atoms with Crippen LogP contribution in [0.4, 0.5) is 0 Å². The molecule has 0 aliphatic heterocycles. The summed E-state index contributed by atoms with van der Waals surface area (Å²) in [4.78, 5) is 10.9. The molecule has 10 heavy (non-hydrogen) atoms. The van der Waals surface area contributed by atoms with E-state index in [0.29, 0.717) is 4.88 Å². The fraction of sp³-hybridized carbons (Fsp3) is 0.286. The lowest BCUT2D eigenvalue weighted by atomic mass is 10.2. The normalized spacial score (nSPS) is 9.80. The Kier molecular flexibility index (Phi) is 1.76. The lowest BCUT2D eigenvalue weighted by Crippen LogP contribution is -1.94. The Morgan fingerprint density at radius 2 is 2.20 bits per heavy atom. The van der Waals surface area contributed by atoms with Gasteiger partial charge in [-0.05, 0) is 30.4 Å². The molecule has 0 atom stereocenters. The van der Waals surface area contributed by atoms with Crippen molar-refractivity contribution in [2.24, 2.45) is 0 Å². The second kappa shape index (κ2) is 2.42. The van der Waals surface area contributed by atoms with Crippen molar-refractivity contribution < 1.29 is 9.90 Å². The van der Waals surface area contributed by atoms with E-state index in [9.17, 15) is 4.79 Å². The maximum atomic E-state index is 10.4. The van der Waals surface area contributed by atoms with Gasteiger partial charge in [0.05, 0.1) is 0 Å². The Balaban J connectivity index is 3.17. The Hall–Kier alpha value is -0.830. The van der Waals surface area contributed by atoms with Gasteiger partial charge in [0.15, 0.2) is 0 Å². The molecule has 0 unspecified atom stereocenters. The molecule has 0 saturated carbocycles. The van der Waals surface area contributed by atoms with Crippen molar-refractivity contribution in [3.63, 3.8) is 0 Å². The maximum absolute atomic E-state index is 10.4. The summed E-state index contributed by atoms with van der Waals surface area (Å²) in [6, 6.07) is 0. The zero-order valence-corrected chi connectivity index (χ0v) is 6.66. The van der Waals surface area contributed by atoms with Gasteiger partial charge in [0, 0.05) is 0 Å². The third-order valence-corrected chi connectivity index (χ3v) is 2.67. The van der Waals surface area contributed by atoms with Gasteiger partial charge in [-0.25, -0.2) is 4.79 Å². The van der Waals surface area contributed by atoms with E-state index in [2.05, 4.69) is 0 Å². The van der Waals surface area contributed by atoms with Gasteiger partial charge in [-0.3, -0.25) is 0 Å². The first-order valence-electron chi connectivity index (χ1n) is 2.91. The van der Waals surface area contributed by atoms with Gasteiger partial charge in [-0.2, -0.15) is 0 Å². The topological polar surface area (TPSA) is 37.3 Å². The standard InChI is InChI=1S/C7H8O2S/c1-4-3-10-6(5(4)2)7(8)9/h3H,1-2H3,(H,8,9). The first kappa shape index (κ1) is 7.28. The van der Waals surface area contributed by atoms with Gasteiger partial charge in [0.2, 0.25) is 0 Å². The minimum atomic E-state index is -0.824. The van der Waals surface area contributed by atoms with E-state index in [0.717, 1.165) is 11.1 Å². The summed E-state index contributed by atoms with van der Waals surface area (Å²) < 4.78 is 0. The Labute approximate surface area is 63.1 Å². The highest BCUT2D eigenvalue weighted by Crippen LogP contribution is 2.20. The van der Waals surface area contributed by atoms with Crippen molar-refractivity contribution in [1.29, 1.82) is 0 Å². The molecule has 2 nitrogen and oxygen atoms in total. The van der Waals surface area contributed by atoms with Gasteiger partial charge in [-0.1, -0.05) is 0 Å². The highest BCUT2D eigenvalue weighted by atomic mass is 32.1. The third-order valence-electron chi connectivity index (χ3n) is 1.48. The Morgan fingerprint density at radius 1 is 1.60 bits per heavy atom. The lowest BCUT2D eigenvalue weighted by molar-refractivity contribution is 0.0701. The van der Waals surface area contributed by atoms with Crippen LogP contribution in [0.2, 0.25) is 0 Å². The predicted molar refractivity (Wildman–Crippen MR) is 40.8 cm³/mol. The molecule has 0 bridgehead atoms. The van der Waals surface area contributed by atoms with E-state index in [1.165, 1.54) is 11.3 Å². The third kappa shape index (κ3) is 1.04. The van der Waals surface area contributed by atoms with E-state index in [1.54, 1.807) is 0 Å². The van der Waals surface area contributed by atoms with Crippen molar-refractivity contribution in [2.45, 2.75) is 13.8 Å². The lowest BCUT2D eigenvalue weighted by Gasteiger charge is -1.89. The number of rotatable bonds is 1.